The largest absolute Gasteiger partial charge is 0.453 e. The predicted octanol–water partition coefficient (Wildman–Crippen LogP) is 9.06. The van der Waals surface area contributed by atoms with E-state index in [0.29, 0.717) is 46.6 Å². The molecule has 1 aromatic carbocycles. The van der Waals surface area contributed by atoms with Gasteiger partial charge in [0, 0.05) is 40.1 Å². The molecule has 0 aliphatic carbocycles. The molecule has 0 saturated carbocycles. The lowest BCUT2D eigenvalue weighted by atomic mass is 9.93. The third kappa shape index (κ3) is 7.91. The first-order valence-electron chi connectivity index (χ1n) is 13.8. The zero-order valence-electron chi connectivity index (χ0n) is 24.9. The molecule has 7 heteroatoms. The maximum atomic E-state index is 14.8. The highest BCUT2D eigenvalue weighted by Crippen LogP contribution is 2.34. The van der Waals surface area contributed by atoms with Gasteiger partial charge in [-0.1, -0.05) is 56.5 Å². The van der Waals surface area contributed by atoms with Gasteiger partial charge in [-0.25, -0.2) is 9.18 Å². The van der Waals surface area contributed by atoms with Crippen LogP contribution in [0.3, 0.4) is 0 Å². The van der Waals surface area contributed by atoms with E-state index in [9.17, 15) is 14.0 Å². The van der Waals surface area contributed by atoms with Gasteiger partial charge < -0.3 is 10.1 Å². The number of amides is 2. The van der Waals surface area contributed by atoms with E-state index in [1.54, 1.807) is 38.3 Å². The number of carbonyl (C=O) groups excluding carboxylic acids is 2. The number of ether oxygens (including phenoxy) is 1. The van der Waals surface area contributed by atoms with E-state index in [4.69, 9.17) is 4.74 Å². The fourth-order valence-electron chi connectivity index (χ4n) is 4.59. The lowest BCUT2D eigenvalue weighted by molar-refractivity contribution is -0.119. The number of carbonyl (C=O) groups is 2. The van der Waals surface area contributed by atoms with Crippen molar-refractivity contribution in [3.05, 3.63) is 120 Å². The molecule has 0 spiro atoms. The Morgan fingerprint density at radius 3 is 2.60 bits per heavy atom. The van der Waals surface area contributed by atoms with E-state index < -0.39 is 6.09 Å². The van der Waals surface area contributed by atoms with E-state index in [1.165, 1.54) is 13.2 Å². The van der Waals surface area contributed by atoms with Crippen molar-refractivity contribution in [1.29, 1.82) is 0 Å². The van der Waals surface area contributed by atoms with Crippen LogP contribution in [-0.4, -0.2) is 24.1 Å². The molecule has 2 aromatic rings. The van der Waals surface area contributed by atoms with Crippen LogP contribution in [0.15, 0.2) is 103 Å². The third-order valence-electron chi connectivity index (χ3n) is 6.74. The van der Waals surface area contributed by atoms with Gasteiger partial charge in [-0.15, -0.1) is 0 Å². The fourth-order valence-corrected chi connectivity index (χ4v) is 4.59. The van der Waals surface area contributed by atoms with Gasteiger partial charge >= 0.3 is 6.09 Å². The Morgan fingerprint density at radius 2 is 1.98 bits per heavy atom. The van der Waals surface area contributed by atoms with Crippen molar-refractivity contribution >= 4 is 40.1 Å². The summed E-state index contributed by atoms with van der Waals surface area (Å²) in [6.07, 6.45) is 13.1. The van der Waals surface area contributed by atoms with E-state index in [2.05, 4.69) is 28.8 Å². The molecule has 1 aliphatic rings. The number of allylic oxidation sites excluding steroid dienone is 12. The van der Waals surface area contributed by atoms with Gasteiger partial charge in [0.1, 0.15) is 5.83 Å². The smallest absolute Gasteiger partial charge is 0.411 e. The molecule has 42 heavy (non-hydrogen) atoms. The van der Waals surface area contributed by atoms with E-state index >= 15 is 0 Å². The minimum atomic E-state index is -0.607. The number of halogens is 1. The summed E-state index contributed by atoms with van der Waals surface area (Å²) in [7, 11) is 1.29. The Morgan fingerprint density at radius 1 is 1.21 bits per heavy atom. The molecule has 0 bridgehead atoms. The number of pyridine rings is 1. The molecule has 2 amide bonds. The van der Waals surface area contributed by atoms with Crippen LogP contribution in [0.4, 0.5) is 20.6 Å². The number of nitrogens with zero attached hydrogens (tertiary/aromatic N) is 1. The van der Waals surface area contributed by atoms with Gasteiger partial charge in [0.15, 0.2) is 0 Å². The zero-order valence-corrected chi connectivity index (χ0v) is 24.9. The number of aromatic nitrogens is 1. The molecule has 2 N–H and O–H groups in total. The second kappa shape index (κ2) is 14.7. The number of hydrogen-bond acceptors (Lipinski definition) is 4. The van der Waals surface area contributed by atoms with Crippen LogP contribution < -0.4 is 10.6 Å². The number of hydrogen-bond donors (Lipinski definition) is 2. The molecule has 0 fully saturated rings. The summed E-state index contributed by atoms with van der Waals surface area (Å²) >= 11 is 0. The maximum Gasteiger partial charge on any atom is 0.411 e. The first kappa shape index (κ1) is 31.7. The molecule has 6 nitrogen and oxygen atoms in total. The van der Waals surface area contributed by atoms with Crippen LogP contribution in [-0.2, 0) is 9.53 Å². The van der Waals surface area contributed by atoms with Gasteiger partial charge in [-0.3, -0.25) is 15.1 Å². The minimum absolute atomic E-state index is 0.134. The van der Waals surface area contributed by atoms with E-state index in [0.717, 1.165) is 22.3 Å². The summed E-state index contributed by atoms with van der Waals surface area (Å²) in [6.45, 7) is 15.6. The highest BCUT2D eigenvalue weighted by atomic mass is 19.1. The van der Waals surface area contributed by atoms with Crippen LogP contribution in [0.2, 0.25) is 0 Å². The van der Waals surface area contributed by atoms with Crippen molar-refractivity contribution in [2.24, 2.45) is 5.92 Å². The molecular formula is C35H38FN3O3. The Kier molecular flexibility index (Phi) is 11.1. The quantitative estimate of drug-likeness (QED) is 0.341. The summed E-state index contributed by atoms with van der Waals surface area (Å²) in [5, 5.41) is 5.69. The van der Waals surface area contributed by atoms with Crippen molar-refractivity contribution in [3.8, 4) is 0 Å². The van der Waals surface area contributed by atoms with E-state index in [-0.39, 0.29) is 17.7 Å². The molecule has 0 saturated heterocycles. The van der Waals surface area contributed by atoms with Crippen molar-refractivity contribution in [3.63, 3.8) is 0 Å². The first-order chi connectivity index (χ1) is 20.1. The van der Waals surface area contributed by atoms with Crippen LogP contribution in [0.25, 0.3) is 16.7 Å². The minimum Gasteiger partial charge on any atom is -0.453 e. The van der Waals surface area contributed by atoms with Crippen LogP contribution in [0.5, 0.6) is 0 Å². The average molecular weight is 568 g/mol. The van der Waals surface area contributed by atoms with Gasteiger partial charge in [-0.05, 0) is 80.7 Å². The molecular weight excluding hydrogens is 529 g/mol. The standard InChI is InChI=1S/C35H38FN3O3/c1-8-11-25-19-24(6)28(31-18-15-26(21-37-31)33(22(3)4)30(36)12-9-2)14-10-13-23(5)34(40)39-32-20-27(16-17-29(25)32)38-35(41)42-7/h8-9,11-12,14-21,23H,3,6,10,13H2,1-2,4-5,7H3,(H,38,41)(H,39,40)/b11-8-,12-9-,25-19+,28-14+,33-30-. The topological polar surface area (TPSA) is 80.3 Å². The lowest BCUT2D eigenvalue weighted by Crippen LogP contribution is -2.21. The summed E-state index contributed by atoms with van der Waals surface area (Å²) in [5.74, 6) is -0.794. The van der Waals surface area contributed by atoms with Crippen molar-refractivity contribution < 1.29 is 18.7 Å². The normalized spacial score (nSPS) is 19.3. The predicted molar refractivity (Wildman–Crippen MR) is 171 cm³/mol. The van der Waals surface area contributed by atoms with Gasteiger partial charge in [-0.2, -0.15) is 0 Å². The first-order valence-corrected chi connectivity index (χ1v) is 13.8. The lowest BCUT2D eigenvalue weighted by Gasteiger charge is -2.19. The van der Waals surface area contributed by atoms with E-state index in [1.807, 2.05) is 56.4 Å². The fraction of sp³-hybridized carbons (Fsp3) is 0.229. The Hall–Kier alpha value is -4.78. The molecule has 3 rings (SSSR count). The molecule has 1 unspecified atom stereocenters. The average Bonchev–Trinajstić information content (AvgIpc) is 2.95. The van der Waals surface area contributed by atoms with Crippen molar-refractivity contribution in [2.75, 3.05) is 17.7 Å². The highest BCUT2D eigenvalue weighted by molar-refractivity contribution is 5.99. The highest BCUT2D eigenvalue weighted by Gasteiger charge is 2.19. The Balaban J connectivity index is 2.14. The number of fused-ring (bicyclic) bond motifs is 1. The van der Waals surface area contributed by atoms with Crippen LogP contribution >= 0.6 is 0 Å². The monoisotopic (exact) mass is 567 g/mol. The van der Waals surface area contributed by atoms with Crippen molar-refractivity contribution in [2.45, 2.75) is 40.5 Å². The third-order valence-corrected chi connectivity index (χ3v) is 6.74. The summed E-state index contributed by atoms with van der Waals surface area (Å²) < 4.78 is 19.5. The number of anilines is 2. The number of methoxy groups -OCH3 is 1. The summed E-state index contributed by atoms with van der Waals surface area (Å²) in [4.78, 5) is 29.7. The van der Waals surface area contributed by atoms with Crippen molar-refractivity contribution in [1.82, 2.24) is 4.98 Å². The second-order valence-electron chi connectivity index (χ2n) is 10.0. The molecule has 1 atom stereocenters. The zero-order chi connectivity index (χ0) is 30.8. The van der Waals surface area contributed by atoms with Gasteiger partial charge in [0.2, 0.25) is 5.91 Å². The van der Waals surface area contributed by atoms with Gasteiger partial charge in [0.05, 0.1) is 18.5 Å². The Bertz CT molecular complexity index is 1520. The molecule has 1 aromatic heterocycles. The molecule has 218 valence electrons. The maximum absolute atomic E-state index is 14.8. The van der Waals surface area contributed by atoms with Crippen LogP contribution in [0.1, 0.15) is 57.4 Å². The van der Waals surface area contributed by atoms with Gasteiger partial charge in [0.25, 0.3) is 0 Å². The molecule has 2 heterocycles. The van der Waals surface area contributed by atoms with Crippen LogP contribution in [0, 0.1) is 5.92 Å². The number of benzene rings is 1. The number of nitrogens with one attached hydrogen (secondary N) is 2. The SMILES string of the molecule is C=C(C)/C(=C(F)\C=C/C)c1ccc(/C2=C/CCC(C)C(=O)Nc3cc(NC(=O)OC)ccc3C(/C=C\C)=C/C2=C)nc1. The number of rotatable bonds is 6. The summed E-state index contributed by atoms with van der Waals surface area (Å²) in [5.41, 5.74) is 6.45. The Labute approximate surface area is 247 Å². The molecule has 1 aliphatic heterocycles. The molecule has 0 radical (unpaired) electrons. The summed E-state index contributed by atoms with van der Waals surface area (Å²) in [6, 6.07) is 8.96. The second-order valence-corrected chi connectivity index (χ2v) is 10.0.